The van der Waals surface area contributed by atoms with E-state index in [4.69, 9.17) is 9.47 Å². The van der Waals surface area contributed by atoms with Crippen LogP contribution in [0, 0.1) is 19.7 Å². The van der Waals surface area contributed by atoms with Crippen molar-refractivity contribution in [3.8, 4) is 0 Å². The van der Waals surface area contributed by atoms with Gasteiger partial charge in [-0.25, -0.2) is 17.5 Å². The van der Waals surface area contributed by atoms with E-state index in [2.05, 4.69) is 4.72 Å². The van der Waals surface area contributed by atoms with Gasteiger partial charge in [-0.05, 0) is 31.5 Å². The lowest BCUT2D eigenvalue weighted by Gasteiger charge is -2.19. The molecule has 1 saturated heterocycles. The van der Waals surface area contributed by atoms with Gasteiger partial charge in [-0.2, -0.15) is 0 Å². The molecule has 1 atom stereocenters. The van der Waals surface area contributed by atoms with Crippen molar-refractivity contribution >= 4 is 10.0 Å². The quantitative estimate of drug-likeness (QED) is 0.785. The van der Waals surface area contributed by atoms with E-state index in [0.717, 1.165) is 17.2 Å². The molecule has 1 aliphatic rings. The molecule has 27 heavy (non-hydrogen) atoms. The molecule has 0 radical (unpaired) electrons. The van der Waals surface area contributed by atoms with Crippen LogP contribution in [0.1, 0.15) is 34.6 Å². The Kier molecular flexibility index (Phi) is 5.92. The SMILES string of the molecule is Cc1cc(C)cc(C(CO)NS(=O)(=O)c2ccc(C3OCCO3)cc2F)c1. The smallest absolute Gasteiger partial charge is 0.244 e. The van der Waals surface area contributed by atoms with Gasteiger partial charge in [0.1, 0.15) is 10.7 Å². The predicted octanol–water partition coefficient (Wildman–Crippen LogP) is 2.50. The van der Waals surface area contributed by atoms with Crippen LogP contribution in [-0.4, -0.2) is 33.3 Å². The van der Waals surface area contributed by atoms with Crippen molar-refractivity contribution in [2.45, 2.75) is 31.1 Å². The van der Waals surface area contributed by atoms with Crippen LogP contribution in [0.15, 0.2) is 41.3 Å². The highest BCUT2D eigenvalue weighted by Gasteiger charge is 2.26. The standard InChI is InChI=1S/C19H22FNO5S/c1-12-7-13(2)9-15(8-12)17(11-22)21-27(23,24)18-4-3-14(10-16(18)20)19-25-5-6-26-19/h3-4,7-10,17,19,21-22H,5-6,11H2,1-2H3. The van der Waals surface area contributed by atoms with Crippen LogP contribution in [0.5, 0.6) is 0 Å². The largest absolute Gasteiger partial charge is 0.394 e. The molecule has 0 amide bonds. The van der Waals surface area contributed by atoms with Gasteiger partial charge < -0.3 is 14.6 Å². The van der Waals surface area contributed by atoms with Gasteiger partial charge >= 0.3 is 0 Å². The summed E-state index contributed by atoms with van der Waals surface area (Å²) in [5.41, 5.74) is 2.91. The first-order valence-corrected chi connectivity index (χ1v) is 10.0. The summed E-state index contributed by atoms with van der Waals surface area (Å²) >= 11 is 0. The molecule has 0 bridgehead atoms. The van der Waals surface area contributed by atoms with Crippen molar-refractivity contribution in [1.29, 1.82) is 0 Å². The van der Waals surface area contributed by atoms with E-state index in [1.807, 2.05) is 19.9 Å². The highest BCUT2D eigenvalue weighted by atomic mass is 32.2. The molecule has 0 aromatic heterocycles. The Bertz CT molecular complexity index is 905. The molecule has 2 aromatic rings. The molecule has 1 fully saturated rings. The Labute approximate surface area is 158 Å². The Hall–Kier alpha value is -1.84. The summed E-state index contributed by atoms with van der Waals surface area (Å²) in [7, 11) is -4.18. The van der Waals surface area contributed by atoms with Crippen LogP contribution in [-0.2, 0) is 19.5 Å². The van der Waals surface area contributed by atoms with E-state index in [0.29, 0.717) is 24.3 Å². The molecule has 8 heteroatoms. The number of ether oxygens (including phenoxy) is 2. The molecule has 2 aromatic carbocycles. The van der Waals surface area contributed by atoms with E-state index >= 15 is 0 Å². The number of benzene rings is 2. The fraction of sp³-hybridized carbons (Fsp3) is 0.368. The van der Waals surface area contributed by atoms with E-state index in [1.54, 1.807) is 12.1 Å². The summed E-state index contributed by atoms with van der Waals surface area (Å²) in [6.45, 7) is 4.12. The van der Waals surface area contributed by atoms with E-state index in [9.17, 15) is 17.9 Å². The normalized spacial score (nSPS) is 16.6. The van der Waals surface area contributed by atoms with Crippen molar-refractivity contribution in [2.75, 3.05) is 19.8 Å². The number of aliphatic hydroxyl groups excluding tert-OH is 1. The number of aryl methyl sites for hydroxylation is 2. The van der Waals surface area contributed by atoms with Crippen molar-refractivity contribution in [1.82, 2.24) is 4.72 Å². The lowest BCUT2D eigenvalue weighted by Crippen LogP contribution is -2.31. The molecule has 1 aliphatic heterocycles. The molecule has 3 rings (SSSR count). The number of nitrogens with one attached hydrogen (secondary N) is 1. The van der Waals surface area contributed by atoms with Crippen LogP contribution in [0.3, 0.4) is 0 Å². The summed E-state index contributed by atoms with van der Waals surface area (Å²) < 4.78 is 52.8. The summed E-state index contributed by atoms with van der Waals surface area (Å²) in [6, 6.07) is 8.35. The predicted molar refractivity (Wildman–Crippen MR) is 97.1 cm³/mol. The minimum atomic E-state index is -4.18. The number of aliphatic hydroxyl groups is 1. The first-order valence-electron chi connectivity index (χ1n) is 8.54. The monoisotopic (exact) mass is 395 g/mol. The second-order valence-corrected chi connectivity index (χ2v) is 8.22. The first kappa shape index (κ1) is 19.9. The molecular formula is C19H22FNO5S. The third-order valence-electron chi connectivity index (χ3n) is 4.27. The van der Waals surface area contributed by atoms with Gasteiger partial charge in [-0.15, -0.1) is 0 Å². The fourth-order valence-corrected chi connectivity index (χ4v) is 4.38. The molecule has 0 aliphatic carbocycles. The lowest BCUT2D eigenvalue weighted by molar-refractivity contribution is -0.0443. The van der Waals surface area contributed by atoms with Crippen molar-refractivity contribution in [3.05, 3.63) is 64.5 Å². The van der Waals surface area contributed by atoms with Crippen molar-refractivity contribution in [3.63, 3.8) is 0 Å². The average molecular weight is 395 g/mol. The number of hydrogen-bond acceptors (Lipinski definition) is 5. The second kappa shape index (κ2) is 8.04. The summed E-state index contributed by atoms with van der Waals surface area (Å²) in [6.07, 6.45) is -0.690. The molecule has 146 valence electrons. The van der Waals surface area contributed by atoms with Crippen LogP contribution in [0.25, 0.3) is 0 Å². The number of hydrogen-bond donors (Lipinski definition) is 2. The van der Waals surface area contributed by atoms with Gasteiger partial charge in [-0.1, -0.05) is 35.4 Å². The molecule has 6 nitrogen and oxygen atoms in total. The maximum Gasteiger partial charge on any atom is 0.244 e. The summed E-state index contributed by atoms with van der Waals surface area (Å²) in [5, 5.41) is 9.67. The van der Waals surface area contributed by atoms with E-state index in [-0.39, 0.29) is 0 Å². The van der Waals surface area contributed by atoms with Crippen LogP contribution >= 0.6 is 0 Å². The maximum absolute atomic E-state index is 14.5. The second-order valence-electron chi connectivity index (χ2n) is 6.54. The van der Waals surface area contributed by atoms with Gasteiger partial charge in [0.15, 0.2) is 6.29 Å². The zero-order valence-corrected chi connectivity index (χ0v) is 15.9. The van der Waals surface area contributed by atoms with Crippen LogP contribution < -0.4 is 4.72 Å². The highest BCUT2D eigenvalue weighted by Crippen LogP contribution is 2.27. The first-order chi connectivity index (χ1) is 12.8. The Balaban J connectivity index is 1.86. The Morgan fingerprint density at radius 1 is 1.15 bits per heavy atom. The Morgan fingerprint density at radius 2 is 1.78 bits per heavy atom. The zero-order chi connectivity index (χ0) is 19.6. The summed E-state index contributed by atoms with van der Waals surface area (Å²) in [4.78, 5) is -0.493. The van der Waals surface area contributed by atoms with Crippen molar-refractivity contribution < 1.29 is 27.4 Å². The number of sulfonamides is 1. The van der Waals surface area contributed by atoms with Crippen molar-refractivity contribution in [2.24, 2.45) is 0 Å². The highest BCUT2D eigenvalue weighted by molar-refractivity contribution is 7.89. The van der Waals surface area contributed by atoms with Gasteiger partial charge in [-0.3, -0.25) is 0 Å². The number of rotatable bonds is 6. The molecular weight excluding hydrogens is 373 g/mol. The van der Waals surface area contributed by atoms with Gasteiger partial charge in [0.25, 0.3) is 0 Å². The Morgan fingerprint density at radius 3 is 2.33 bits per heavy atom. The molecule has 0 spiro atoms. The van der Waals surface area contributed by atoms with E-state index < -0.39 is 39.7 Å². The van der Waals surface area contributed by atoms with E-state index in [1.165, 1.54) is 12.1 Å². The fourth-order valence-electron chi connectivity index (χ4n) is 3.11. The van der Waals surface area contributed by atoms with Crippen LogP contribution in [0.4, 0.5) is 4.39 Å². The summed E-state index contributed by atoms with van der Waals surface area (Å²) in [5.74, 6) is -0.906. The third-order valence-corrected chi connectivity index (χ3v) is 5.77. The zero-order valence-electron chi connectivity index (χ0n) is 15.1. The minimum Gasteiger partial charge on any atom is -0.394 e. The average Bonchev–Trinajstić information content (AvgIpc) is 3.13. The topological polar surface area (TPSA) is 84.9 Å². The molecule has 0 saturated carbocycles. The minimum absolute atomic E-state index is 0.405. The number of halogens is 1. The molecule has 1 heterocycles. The molecule has 1 unspecified atom stereocenters. The van der Waals surface area contributed by atoms with Gasteiger partial charge in [0, 0.05) is 5.56 Å². The lowest BCUT2D eigenvalue weighted by atomic mass is 10.0. The van der Waals surface area contributed by atoms with Gasteiger partial charge in [0.05, 0.1) is 25.9 Å². The van der Waals surface area contributed by atoms with Crippen LogP contribution in [0.2, 0.25) is 0 Å². The maximum atomic E-state index is 14.5. The third kappa shape index (κ3) is 4.53. The molecule has 2 N–H and O–H groups in total. The van der Waals surface area contributed by atoms with Gasteiger partial charge in [0.2, 0.25) is 10.0 Å².